The number of rotatable bonds is 6. The quantitative estimate of drug-likeness (QED) is 0.666. The molecule has 2 aromatic rings. The fraction of sp³-hybridized carbons (Fsp3) is 0.471. The van der Waals surface area contributed by atoms with Crippen LogP contribution in [-0.4, -0.2) is 56.5 Å². The topological polar surface area (TPSA) is 110 Å². The highest BCUT2D eigenvalue weighted by Crippen LogP contribution is 2.28. The van der Waals surface area contributed by atoms with Crippen molar-refractivity contribution in [1.82, 2.24) is 20.3 Å². The maximum Gasteiger partial charge on any atom is 0.251 e. The second kappa shape index (κ2) is 9.09. The molecule has 0 unspecified atom stereocenters. The largest absolute Gasteiger partial charge is 0.390 e. The average molecular weight is 383 g/mol. The SMILES string of the molecule is COCc1cn(C[C@H]2C[C@@H](NC(=O)c3ccccc3)[C@H](O)[C@@H]2O)nn1.Cl. The molecule has 8 nitrogen and oxygen atoms in total. The number of benzene rings is 1. The third-order valence-electron chi connectivity index (χ3n) is 4.45. The van der Waals surface area contributed by atoms with Crippen molar-refractivity contribution >= 4 is 18.3 Å². The molecule has 1 aromatic heterocycles. The van der Waals surface area contributed by atoms with Gasteiger partial charge in [-0.3, -0.25) is 9.48 Å². The summed E-state index contributed by atoms with van der Waals surface area (Å²) in [6.45, 7) is 0.776. The van der Waals surface area contributed by atoms with E-state index in [2.05, 4.69) is 15.6 Å². The van der Waals surface area contributed by atoms with E-state index < -0.39 is 18.2 Å². The Kier molecular flexibility index (Phi) is 7.10. The minimum Gasteiger partial charge on any atom is -0.390 e. The minimum absolute atomic E-state index is 0. The maximum absolute atomic E-state index is 12.2. The van der Waals surface area contributed by atoms with Gasteiger partial charge >= 0.3 is 0 Å². The van der Waals surface area contributed by atoms with Crippen molar-refractivity contribution in [3.8, 4) is 0 Å². The third kappa shape index (κ3) is 4.59. The molecular weight excluding hydrogens is 360 g/mol. The molecule has 142 valence electrons. The monoisotopic (exact) mass is 382 g/mol. The van der Waals surface area contributed by atoms with Gasteiger partial charge in [0.15, 0.2) is 0 Å². The Morgan fingerprint density at radius 1 is 1.31 bits per heavy atom. The number of nitrogens with zero attached hydrogens (tertiary/aromatic N) is 3. The first-order valence-corrected chi connectivity index (χ1v) is 8.18. The van der Waals surface area contributed by atoms with E-state index in [1.807, 2.05) is 6.07 Å². The summed E-state index contributed by atoms with van der Waals surface area (Å²) in [4.78, 5) is 12.2. The second-order valence-corrected chi connectivity index (χ2v) is 6.29. The van der Waals surface area contributed by atoms with Gasteiger partial charge in [-0.25, -0.2) is 0 Å². The molecule has 0 spiro atoms. The summed E-state index contributed by atoms with van der Waals surface area (Å²) in [5, 5.41) is 31.3. The summed E-state index contributed by atoms with van der Waals surface area (Å²) >= 11 is 0. The van der Waals surface area contributed by atoms with E-state index in [9.17, 15) is 15.0 Å². The number of nitrogens with one attached hydrogen (secondary N) is 1. The van der Waals surface area contributed by atoms with Crippen LogP contribution in [0, 0.1) is 5.92 Å². The number of aliphatic hydroxyl groups is 2. The van der Waals surface area contributed by atoms with E-state index in [1.54, 1.807) is 42.3 Å². The van der Waals surface area contributed by atoms with Crippen LogP contribution in [0.4, 0.5) is 0 Å². The third-order valence-corrected chi connectivity index (χ3v) is 4.45. The van der Waals surface area contributed by atoms with E-state index in [4.69, 9.17) is 4.74 Å². The zero-order chi connectivity index (χ0) is 17.8. The molecular formula is C17H23ClN4O4. The van der Waals surface area contributed by atoms with Crippen molar-refractivity contribution < 1.29 is 19.7 Å². The standard InChI is InChI=1S/C17H22N4O4.ClH/c1-25-10-13-9-21(20-19-13)8-12-7-14(16(23)15(12)22)18-17(24)11-5-3-2-4-6-11;/h2-6,9,12,14-16,22-23H,7-8,10H2,1H3,(H,18,24);1H/t12-,14-,15-,16+;/m1./s1. The van der Waals surface area contributed by atoms with Crippen molar-refractivity contribution in [1.29, 1.82) is 0 Å². The molecule has 1 fully saturated rings. The van der Waals surface area contributed by atoms with Crippen molar-refractivity contribution in [3.63, 3.8) is 0 Å². The van der Waals surface area contributed by atoms with Gasteiger partial charge < -0.3 is 20.3 Å². The van der Waals surface area contributed by atoms with Gasteiger partial charge in [0.1, 0.15) is 11.8 Å². The Morgan fingerprint density at radius 2 is 2.04 bits per heavy atom. The van der Waals surface area contributed by atoms with E-state index >= 15 is 0 Å². The Bertz CT molecular complexity index is 712. The number of methoxy groups -OCH3 is 1. The second-order valence-electron chi connectivity index (χ2n) is 6.29. The predicted octanol–water partition coefficient (Wildman–Crippen LogP) is 0.387. The number of carbonyl (C=O) groups is 1. The summed E-state index contributed by atoms with van der Waals surface area (Å²) < 4.78 is 6.62. The Hall–Kier alpha value is -2.00. The molecule has 3 N–H and O–H groups in total. The Balaban J connectivity index is 0.00000243. The highest BCUT2D eigenvalue weighted by molar-refractivity contribution is 5.94. The molecule has 26 heavy (non-hydrogen) atoms. The van der Waals surface area contributed by atoms with E-state index in [-0.39, 0.29) is 24.2 Å². The van der Waals surface area contributed by atoms with Gasteiger partial charge in [-0.1, -0.05) is 23.4 Å². The Morgan fingerprint density at radius 3 is 2.73 bits per heavy atom. The van der Waals surface area contributed by atoms with Crippen LogP contribution in [0.3, 0.4) is 0 Å². The van der Waals surface area contributed by atoms with Crippen LogP contribution in [0.2, 0.25) is 0 Å². The fourth-order valence-electron chi connectivity index (χ4n) is 3.17. The summed E-state index contributed by atoms with van der Waals surface area (Å²) in [5.74, 6) is -0.492. The number of aromatic nitrogens is 3. The summed E-state index contributed by atoms with van der Waals surface area (Å²) in [7, 11) is 1.58. The number of hydrogen-bond donors (Lipinski definition) is 3. The van der Waals surface area contributed by atoms with Crippen molar-refractivity contribution in [2.24, 2.45) is 5.92 Å². The zero-order valence-corrected chi connectivity index (χ0v) is 15.2. The van der Waals surface area contributed by atoms with Crippen molar-refractivity contribution in [2.45, 2.75) is 37.8 Å². The lowest BCUT2D eigenvalue weighted by Gasteiger charge is -2.18. The van der Waals surface area contributed by atoms with Gasteiger partial charge in [0.05, 0.1) is 24.9 Å². The van der Waals surface area contributed by atoms with Crippen LogP contribution in [0.15, 0.2) is 36.5 Å². The number of halogens is 1. The number of carbonyl (C=O) groups excluding carboxylic acids is 1. The molecule has 0 bridgehead atoms. The van der Waals surface area contributed by atoms with Crippen LogP contribution < -0.4 is 5.32 Å². The lowest BCUT2D eigenvalue weighted by Crippen LogP contribution is -2.43. The highest BCUT2D eigenvalue weighted by atomic mass is 35.5. The van der Waals surface area contributed by atoms with Crippen molar-refractivity contribution in [3.05, 3.63) is 47.8 Å². The molecule has 9 heteroatoms. The summed E-state index contributed by atoms with van der Waals surface area (Å²) in [6, 6.07) is 8.29. The van der Waals surface area contributed by atoms with Crippen molar-refractivity contribution in [2.75, 3.05) is 7.11 Å². The molecule has 1 heterocycles. The van der Waals surface area contributed by atoms with Gasteiger partial charge in [-0.15, -0.1) is 17.5 Å². The first-order chi connectivity index (χ1) is 12.1. The van der Waals surface area contributed by atoms with Gasteiger partial charge in [0.2, 0.25) is 0 Å². The van der Waals surface area contributed by atoms with Crippen LogP contribution in [0.25, 0.3) is 0 Å². The van der Waals surface area contributed by atoms with Gasteiger partial charge in [0, 0.05) is 25.1 Å². The maximum atomic E-state index is 12.2. The zero-order valence-electron chi connectivity index (χ0n) is 14.4. The molecule has 3 rings (SSSR count). The van der Waals surface area contributed by atoms with E-state index in [1.165, 1.54) is 0 Å². The van der Waals surface area contributed by atoms with E-state index in [0.717, 1.165) is 0 Å². The Labute approximate surface area is 157 Å². The van der Waals surface area contributed by atoms with Gasteiger partial charge in [-0.05, 0) is 18.6 Å². The first kappa shape index (κ1) is 20.3. The van der Waals surface area contributed by atoms with Gasteiger partial charge in [0.25, 0.3) is 5.91 Å². The van der Waals surface area contributed by atoms with Crippen LogP contribution in [0.5, 0.6) is 0 Å². The molecule has 0 radical (unpaired) electrons. The molecule has 0 saturated heterocycles. The van der Waals surface area contributed by atoms with Crippen LogP contribution in [0.1, 0.15) is 22.5 Å². The van der Waals surface area contributed by atoms with Gasteiger partial charge in [-0.2, -0.15) is 0 Å². The number of amides is 1. The van der Waals surface area contributed by atoms with E-state index in [0.29, 0.717) is 30.8 Å². The van der Waals surface area contributed by atoms with Crippen LogP contribution >= 0.6 is 12.4 Å². The summed E-state index contributed by atoms with van der Waals surface area (Å²) in [6.07, 6.45) is 0.259. The number of hydrogen-bond acceptors (Lipinski definition) is 6. The lowest BCUT2D eigenvalue weighted by molar-refractivity contribution is 0.00761. The normalized spacial score (nSPS) is 24.9. The van der Waals surface area contributed by atoms with Crippen LogP contribution in [-0.2, 0) is 17.9 Å². The molecule has 1 amide bonds. The predicted molar refractivity (Wildman–Crippen MR) is 95.8 cm³/mol. The smallest absolute Gasteiger partial charge is 0.251 e. The molecule has 1 aromatic carbocycles. The molecule has 0 aliphatic heterocycles. The molecule has 1 aliphatic rings. The number of ether oxygens (including phenoxy) is 1. The molecule has 1 saturated carbocycles. The number of aliphatic hydroxyl groups excluding tert-OH is 2. The molecule has 1 aliphatic carbocycles. The summed E-state index contributed by atoms with van der Waals surface area (Å²) in [5.41, 5.74) is 1.22. The molecule has 4 atom stereocenters. The first-order valence-electron chi connectivity index (χ1n) is 8.18. The average Bonchev–Trinajstić information content (AvgIpc) is 3.16. The lowest BCUT2D eigenvalue weighted by atomic mass is 10.1. The fourth-order valence-corrected chi connectivity index (χ4v) is 3.17. The highest BCUT2D eigenvalue weighted by Gasteiger charge is 2.42. The minimum atomic E-state index is -1.01.